The third-order valence-corrected chi connectivity index (χ3v) is 5.93. The van der Waals surface area contributed by atoms with Gasteiger partial charge in [-0.3, -0.25) is 9.48 Å². The van der Waals surface area contributed by atoms with E-state index in [1.54, 1.807) is 42.5 Å². The zero-order chi connectivity index (χ0) is 25.0. The van der Waals surface area contributed by atoms with Crippen molar-refractivity contribution >= 4 is 17.5 Å². The summed E-state index contributed by atoms with van der Waals surface area (Å²) in [6.07, 6.45) is -2.26. The van der Waals surface area contributed by atoms with Crippen molar-refractivity contribution in [3.8, 4) is 11.5 Å². The second-order valence-corrected chi connectivity index (χ2v) is 8.76. The third kappa shape index (κ3) is 6.48. The molecule has 0 atom stereocenters. The zero-order valence-electron chi connectivity index (χ0n) is 19.1. The Kier molecular flexibility index (Phi) is 7.54. The van der Waals surface area contributed by atoms with Gasteiger partial charge in [-0.15, -0.1) is 0 Å². The van der Waals surface area contributed by atoms with Crippen LogP contribution in [0.5, 0.6) is 11.5 Å². The lowest BCUT2D eigenvalue weighted by molar-refractivity contribution is -0.141. The van der Waals surface area contributed by atoms with Crippen LogP contribution < -0.4 is 14.8 Å². The number of rotatable bonds is 10. The largest absolute Gasteiger partial charge is 0.496 e. The molecule has 6 nitrogen and oxygen atoms in total. The van der Waals surface area contributed by atoms with Crippen LogP contribution in [0.25, 0.3) is 0 Å². The van der Waals surface area contributed by atoms with Gasteiger partial charge in [0.15, 0.2) is 5.69 Å². The summed E-state index contributed by atoms with van der Waals surface area (Å²) in [5, 5.41) is 7.16. The fourth-order valence-electron chi connectivity index (χ4n) is 3.71. The number of aromatic nitrogens is 2. The first-order chi connectivity index (χ1) is 16.7. The number of alkyl halides is 3. The normalized spacial score (nSPS) is 13.5. The molecule has 1 saturated carbocycles. The van der Waals surface area contributed by atoms with Crippen LogP contribution in [0.1, 0.15) is 52.5 Å². The van der Waals surface area contributed by atoms with Crippen LogP contribution in [-0.4, -0.2) is 29.3 Å². The minimum atomic E-state index is -4.47. The molecule has 10 heteroatoms. The predicted octanol–water partition coefficient (Wildman–Crippen LogP) is 5.84. The highest BCUT2D eigenvalue weighted by molar-refractivity contribution is 6.30. The molecule has 35 heavy (non-hydrogen) atoms. The van der Waals surface area contributed by atoms with Gasteiger partial charge in [-0.1, -0.05) is 11.6 Å². The molecule has 1 amide bonds. The van der Waals surface area contributed by atoms with Crippen LogP contribution in [0.4, 0.5) is 13.2 Å². The van der Waals surface area contributed by atoms with Crippen LogP contribution in [0.15, 0.2) is 48.5 Å². The Morgan fingerprint density at radius 3 is 2.57 bits per heavy atom. The van der Waals surface area contributed by atoms with E-state index in [9.17, 15) is 18.0 Å². The van der Waals surface area contributed by atoms with E-state index < -0.39 is 11.9 Å². The number of hydrogen-bond donors (Lipinski definition) is 1. The first kappa shape index (κ1) is 24.9. The maximum absolute atomic E-state index is 13.0. The monoisotopic (exact) mass is 507 g/mol. The quantitative estimate of drug-likeness (QED) is 0.350. The Labute approximate surface area is 206 Å². The van der Waals surface area contributed by atoms with E-state index in [1.165, 1.54) is 11.8 Å². The van der Waals surface area contributed by atoms with Gasteiger partial charge < -0.3 is 14.8 Å². The number of ether oxygens (including phenoxy) is 2. The van der Waals surface area contributed by atoms with Gasteiger partial charge in [-0.05, 0) is 67.8 Å². The predicted molar refractivity (Wildman–Crippen MR) is 125 cm³/mol. The average molecular weight is 508 g/mol. The standard InChI is InChI=1S/C25H25ClF3N3O3/c1-34-22-10-5-17(13-18(22)15-35-20-8-6-19(26)7-9-20)24(33)30-11-2-12-32-21(16-3-4-16)14-23(31-32)25(27,28)29/h5-10,13-14,16H,2-4,11-12,15H2,1H3,(H,30,33). The molecule has 0 bridgehead atoms. The van der Waals surface area contributed by atoms with Gasteiger partial charge in [0.25, 0.3) is 5.91 Å². The number of nitrogens with zero attached hydrogens (tertiary/aromatic N) is 2. The first-order valence-corrected chi connectivity index (χ1v) is 11.6. The maximum atomic E-state index is 13.0. The molecular weight excluding hydrogens is 483 g/mol. The van der Waals surface area contributed by atoms with Crippen molar-refractivity contribution < 1.29 is 27.4 Å². The minimum absolute atomic E-state index is 0.140. The minimum Gasteiger partial charge on any atom is -0.496 e. The molecule has 0 unspecified atom stereocenters. The van der Waals surface area contributed by atoms with Crippen molar-refractivity contribution in [2.75, 3.05) is 13.7 Å². The number of methoxy groups -OCH3 is 1. The lowest BCUT2D eigenvalue weighted by atomic mass is 10.1. The molecule has 186 valence electrons. The fourth-order valence-corrected chi connectivity index (χ4v) is 3.84. The molecule has 1 fully saturated rings. The van der Waals surface area contributed by atoms with Gasteiger partial charge in [0.05, 0.1) is 7.11 Å². The lowest BCUT2D eigenvalue weighted by Crippen LogP contribution is -2.25. The molecule has 1 heterocycles. The molecule has 1 aromatic heterocycles. The molecule has 1 aliphatic rings. The highest BCUT2D eigenvalue weighted by atomic mass is 35.5. The van der Waals surface area contributed by atoms with E-state index in [2.05, 4.69) is 10.4 Å². The van der Waals surface area contributed by atoms with Crippen molar-refractivity contribution in [1.29, 1.82) is 0 Å². The summed E-state index contributed by atoms with van der Waals surface area (Å²) in [7, 11) is 1.54. The molecule has 2 aromatic carbocycles. The van der Waals surface area contributed by atoms with Crippen molar-refractivity contribution in [2.45, 2.75) is 44.5 Å². The van der Waals surface area contributed by atoms with Crippen LogP contribution in [-0.2, 0) is 19.3 Å². The van der Waals surface area contributed by atoms with Gasteiger partial charge in [-0.2, -0.15) is 18.3 Å². The van der Waals surface area contributed by atoms with E-state index in [0.29, 0.717) is 52.9 Å². The number of carbonyl (C=O) groups excluding carboxylic acids is 1. The summed E-state index contributed by atoms with van der Waals surface area (Å²) in [5.41, 5.74) is 0.872. The highest BCUT2D eigenvalue weighted by Crippen LogP contribution is 2.42. The molecular formula is C25H25ClF3N3O3. The van der Waals surface area contributed by atoms with Gasteiger partial charge >= 0.3 is 6.18 Å². The number of nitrogens with one attached hydrogen (secondary N) is 1. The summed E-state index contributed by atoms with van der Waals surface area (Å²) >= 11 is 5.89. The van der Waals surface area contributed by atoms with Crippen molar-refractivity contribution in [1.82, 2.24) is 15.1 Å². The fraction of sp³-hybridized carbons (Fsp3) is 0.360. The summed E-state index contributed by atoms with van der Waals surface area (Å²) in [5.74, 6) is 1.06. The second kappa shape index (κ2) is 10.6. The third-order valence-electron chi connectivity index (χ3n) is 5.68. The topological polar surface area (TPSA) is 65.4 Å². The molecule has 3 aromatic rings. The van der Waals surface area contributed by atoms with Gasteiger partial charge in [0.2, 0.25) is 0 Å². The number of hydrogen-bond acceptors (Lipinski definition) is 4. The highest BCUT2D eigenvalue weighted by Gasteiger charge is 2.37. The Balaban J connectivity index is 1.33. The Morgan fingerprint density at radius 1 is 1.17 bits per heavy atom. The summed E-state index contributed by atoms with van der Waals surface area (Å²) in [6, 6.07) is 13.1. The maximum Gasteiger partial charge on any atom is 0.435 e. The number of aryl methyl sites for hydroxylation is 1. The lowest BCUT2D eigenvalue weighted by Gasteiger charge is -2.13. The van der Waals surface area contributed by atoms with E-state index in [0.717, 1.165) is 18.9 Å². The number of benzene rings is 2. The number of carbonyl (C=O) groups is 1. The van der Waals surface area contributed by atoms with Crippen LogP contribution in [0, 0.1) is 0 Å². The van der Waals surface area contributed by atoms with E-state index in [4.69, 9.17) is 21.1 Å². The molecule has 0 spiro atoms. The van der Waals surface area contributed by atoms with Gasteiger partial charge in [0.1, 0.15) is 18.1 Å². The Hall–Kier alpha value is -3.20. The molecule has 1 N–H and O–H groups in total. The zero-order valence-corrected chi connectivity index (χ0v) is 19.8. The number of halogens is 4. The average Bonchev–Trinajstić information content (AvgIpc) is 3.59. The van der Waals surface area contributed by atoms with Gasteiger partial charge in [-0.25, -0.2) is 0 Å². The first-order valence-electron chi connectivity index (χ1n) is 11.2. The smallest absolute Gasteiger partial charge is 0.435 e. The van der Waals surface area contributed by atoms with Crippen LogP contribution in [0.2, 0.25) is 5.02 Å². The SMILES string of the molecule is COc1ccc(C(=O)NCCCn2nc(C(F)(F)F)cc2C2CC2)cc1COc1ccc(Cl)cc1. The number of amides is 1. The molecule has 1 aliphatic carbocycles. The van der Waals surface area contributed by atoms with Crippen molar-refractivity contribution in [3.63, 3.8) is 0 Å². The summed E-state index contributed by atoms with van der Waals surface area (Å²) < 4.78 is 51.7. The molecule has 0 aliphatic heterocycles. The van der Waals surface area contributed by atoms with E-state index >= 15 is 0 Å². The van der Waals surface area contributed by atoms with Crippen LogP contribution >= 0.6 is 11.6 Å². The van der Waals surface area contributed by atoms with Crippen LogP contribution in [0.3, 0.4) is 0 Å². The van der Waals surface area contributed by atoms with Gasteiger partial charge in [0, 0.05) is 40.9 Å². The Bertz CT molecular complexity index is 1170. The molecule has 0 radical (unpaired) electrons. The van der Waals surface area contributed by atoms with Crippen molar-refractivity contribution in [3.05, 3.63) is 76.1 Å². The Morgan fingerprint density at radius 2 is 1.91 bits per heavy atom. The van der Waals surface area contributed by atoms with E-state index in [1.807, 2.05) is 0 Å². The molecule has 4 rings (SSSR count). The summed E-state index contributed by atoms with van der Waals surface area (Å²) in [4.78, 5) is 12.7. The van der Waals surface area contributed by atoms with Crippen molar-refractivity contribution in [2.24, 2.45) is 0 Å². The van der Waals surface area contributed by atoms with E-state index in [-0.39, 0.29) is 18.4 Å². The molecule has 0 saturated heterocycles. The second-order valence-electron chi connectivity index (χ2n) is 8.33. The summed E-state index contributed by atoms with van der Waals surface area (Å²) in [6.45, 7) is 0.786.